The van der Waals surface area contributed by atoms with Crippen molar-refractivity contribution >= 4 is 28.0 Å². The fourth-order valence-corrected chi connectivity index (χ4v) is 1.78. The van der Waals surface area contributed by atoms with Crippen LogP contribution in [0, 0.1) is 13.8 Å². The van der Waals surface area contributed by atoms with Crippen molar-refractivity contribution in [2.24, 2.45) is 7.05 Å². The molecule has 0 saturated carbocycles. The first-order chi connectivity index (χ1) is 6.50. The molecule has 0 aliphatic heterocycles. The lowest BCUT2D eigenvalue weighted by Crippen LogP contribution is -2.00. The lowest BCUT2D eigenvalue weighted by atomic mass is 10.1. The number of aromatic carboxylic acids is 1. The SMILES string of the molecule is Cc1c(/C=C/Br)c(C(=O)O)c(C)n1C. The van der Waals surface area contributed by atoms with Gasteiger partial charge in [-0.1, -0.05) is 15.9 Å². The van der Waals surface area contributed by atoms with Crippen LogP contribution in [0.5, 0.6) is 0 Å². The Morgan fingerprint density at radius 3 is 2.43 bits per heavy atom. The molecule has 0 unspecified atom stereocenters. The van der Waals surface area contributed by atoms with E-state index in [2.05, 4.69) is 15.9 Å². The van der Waals surface area contributed by atoms with Gasteiger partial charge in [0.05, 0.1) is 5.56 Å². The van der Waals surface area contributed by atoms with Gasteiger partial charge in [-0.15, -0.1) is 0 Å². The van der Waals surface area contributed by atoms with Gasteiger partial charge in [-0.2, -0.15) is 0 Å². The third-order valence-electron chi connectivity index (χ3n) is 2.47. The van der Waals surface area contributed by atoms with E-state index in [9.17, 15) is 4.79 Å². The van der Waals surface area contributed by atoms with Crippen LogP contribution in [-0.2, 0) is 7.05 Å². The number of halogens is 1. The number of carbonyl (C=O) groups is 1. The Morgan fingerprint density at radius 2 is 2.00 bits per heavy atom. The topological polar surface area (TPSA) is 42.2 Å². The standard InChI is InChI=1S/C10H12BrNO2/c1-6-8(4-5-11)9(10(13)14)7(2)12(6)3/h4-5H,1-3H3,(H,13,14)/b5-4+. The lowest BCUT2D eigenvalue weighted by molar-refractivity contribution is 0.0696. The Hall–Kier alpha value is -1.03. The van der Waals surface area contributed by atoms with Gasteiger partial charge in [0.2, 0.25) is 0 Å². The summed E-state index contributed by atoms with van der Waals surface area (Å²) in [6, 6.07) is 0. The predicted octanol–water partition coefficient (Wildman–Crippen LogP) is 2.71. The number of aromatic nitrogens is 1. The normalized spacial score (nSPS) is 11.1. The van der Waals surface area contributed by atoms with Gasteiger partial charge in [0.15, 0.2) is 0 Å². The highest BCUT2D eigenvalue weighted by atomic mass is 79.9. The van der Waals surface area contributed by atoms with Gasteiger partial charge in [-0.25, -0.2) is 4.79 Å². The Labute approximate surface area is 91.2 Å². The minimum atomic E-state index is -0.883. The van der Waals surface area contributed by atoms with E-state index >= 15 is 0 Å². The van der Waals surface area contributed by atoms with Crippen molar-refractivity contribution in [3.8, 4) is 0 Å². The summed E-state index contributed by atoms with van der Waals surface area (Å²) < 4.78 is 1.88. The van der Waals surface area contributed by atoms with Crippen molar-refractivity contribution in [1.82, 2.24) is 4.57 Å². The molecule has 0 spiro atoms. The molecule has 0 aliphatic rings. The molecule has 0 aliphatic carbocycles. The van der Waals surface area contributed by atoms with Crippen molar-refractivity contribution in [2.75, 3.05) is 0 Å². The van der Waals surface area contributed by atoms with E-state index < -0.39 is 5.97 Å². The Kier molecular flexibility index (Phi) is 3.16. The number of hydrogen-bond donors (Lipinski definition) is 1. The summed E-state index contributed by atoms with van der Waals surface area (Å²) in [6.45, 7) is 3.71. The maximum absolute atomic E-state index is 11.0. The third-order valence-corrected chi connectivity index (χ3v) is 2.74. The number of hydrogen-bond acceptors (Lipinski definition) is 1. The third kappa shape index (κ3) is 1.62. The molecule has 0 amide bonds. The van der Waals surface area contributed by atoms with E-state index in [0.717, 1.165) is 17.0 Å². The molecule has 1 heterocycles. The van der Waals surface area contributed by atoms with Gasteiger partial charge < -0.3 is 9.67 Å². The second-order valence-electron chi connectivity index (χ2n) is 3.12. The van der Waals surface area contributed by atoms with Gasteiger partial charge >= 0.3 is 5.97 Å². The molecule has 76 valence electrons. The average molecular weight is 258 g/mol. The van der Waals surface area contributed by atoms with E-state index in [4.69, 9.17) is 5.11 Å². The fraction of sp³-hybridized carbons (Fsp3) is 0.300. The van der Waals surface area contributed by atoms with Crippen LogP contribution in [0.15, 0.2) is 4.99 Å². The van der Waals surface area contributed by atoms with Crippen LogP contribution < -0.4 is 0 Å². The van der Waals surface area contributed by atoms with E-state index in [1.54, 1.807) is 11.1 Å². The summed E-state index contributed by atoms with van der Waals surface area (Å²) in [5, 5.41) is 9.05. The molecule has 0 bridgehead atoms. The summed E-state index contributed by atoms with van der Waals surface area (Å²) in [4.78, 5) is 12.7. The smallest absolute Gasteiger partial charge is 0.338 e. The average Bonchev–Trinajstić information content (AvgIpc) is 2.32. The zero-order valence-electron chi connectivity index (χ0n) is 8.34. The summed E-state index contributed by atoms with van der Waals surface area (Å²) in [6.07, 6.45) is 1.76. The molecule has 0 aromatic carbocycles. The molecule has 0 radical (unpaired) electrons. The number of rotatable bonds is 2. The van der Waals surface area contributed by atoms with Crippen molar-refractivity contribution < 1.29 is 9.90 Å². The first kappa shape index (κ1) is 11.0. The summed E-state index contributed by atoms with van der Waals surface area (Å²) in [7, 11) is 1.86. The minimum Gasteiger partial charge on any atom is -0.478 e. The van der Waals surface area contributed by atoms with Gasteiger partial charge in [-0.05, 0) is 24.9 Å². The maximum atomic E-state index is 11.0. The predicted molar refractivity (Wildman–Crippen MR) is 59.8 cm³/mol. The molecular formula is C10H12BrNO2. The zero-order chi connectivity index (χ0) is 10.9. The summed E-state index contributed by atoms with van der Waals surface area (Å²) in [5.74, 6) is -0.883. The second-order valence-corrected chi connectivity index (χ2v) is 3.64. The van der Waals surface area contributed by atoms with Crippen LogP contribution in [0.1, 0.15) is 27.3 Å². The van der Waals surface area contributed by atoms with Gasteiger partial charge in [0, 0.05) is 24.0 Å². The van der Waals surface area contributed by atoms with E-state index in [1.165, 1.54) is 0 Å². The quantitative estimate of drug-likeness (QED) is 0.886. The molecule has 1 rings (SSSR count). The molecule has 1 aromatic heterocycles. The van der Waals surface area contributed by atoms with Gasteiger partial charge in [0.25, 0.3) is 0 Å². The highest BCUT2D eigenvalue weighted by Crippen LogP contribution is 2.23. The molecule has 0 fully saturated rings. The van der Waals surface area contributed by atoms with Crippen LogP contribution in [0.3, 0.4) is 0 Å². The van der Waals surface area contributed by atoms with Crippen LogP contribution in [0.2, 0.25) is 0 Å². The first-order valence-electron chi connectivity index (χ1n) is 4.16. The first-order valence-corrected chi connectivity index (χ1v) is 5.08. The Bertz CT molecular complexity index is 405. The monoisotopic (exact) mass is 257 g/mol. The van der Waals surface area contributed by atoms with Crippen LogP contribution in [0.4, 0.5) is 0 Å². The van der Waals surface area contributed by atoms with Crippen molar-refractivity contribution in [2.45, 2.75) is 13.8 Å². The largest absolute Gasteiger partial charge is 0.478 e. The molecule has 1 aromatic rings. The van der Waals surface area contributed by atoms with Gasteiger partial charge in [-0.3, -0.25) is 0 Å². The fourth-order valence-electron chi connectivity index (χ4n) is 1.51. The minimum absolute atomic E-state index is 0.376. The number of nitrogens with zero attached hydrogens (tertiary/aromatic N) is 1. The van der Waals surface area contributed by atoms with E-state index in [1.807, 2.05) is 25.5 Å². The van der Waals surface area contributed by atoms with Gasteiger partial charge in [0.1, 0.15) is 0 Å². The second kappa shape index (κ2) is 4.00. The molecule has 3 nitrogen and oxygen atoms in total. The van der Waals surface area contributed by atoms with Crippen molar-refractivity contribution in [3.05, 3.63) is 27.5 Å². The molecular weight excluding hydrogens is 246 g/mol. The van der Waals surface area contributed by atoms with Crippen LogP contribution >= 0.6 is 15.9 Å². The van der Waals surface area contributed by atoms with Crippen LogP contribution in [0.25, 0.3) is 6.08 Å². The molecule has 1 N–H and O–H groups in total. The van der Waals surface area contributed by atoms with E-state index in [0.29, 0.717) is 5.56 Å². The van der Waals surface area contributed by atoms with E-state index in [-0.39, 0.29) is 0 Å². The lowest BCUT2D eigenvalue weighted by Gasteiger charge is -1.98. The molecule has 0 atom stereocenters. The number of carboxylic acid groups (broad SMARTS) is 1. The Morgan fingerprint density at radius 1 is 1.43 bits per heavy atom. The molecule has 4 heteroatoms. The summed E-state index contributed by atoms with van der Waals surface area (Å²) in [5.41, 5.74) is 2.86. The number of carboxylic acids is 1. The zero-order valence-corrected chi connectivity index (χ0v) is 9.92. The summed E-state index contributed by atoms with van der Waals surface area (Å²) >= 11 is 3.15. The van der Waals surface area contributed by atoms with Crippen LogP contribution in [-0.4, -0.2) is 15.6 Å². The molecule has 0 saturated heterocycles. The maximum Gasteiger partial charge on any atom is 0.338 e. The highest BCUT2D eigenvalue weighted by Gasteiger charge is 2.18. The Balaban J connectivity index is 3.53. The van der Waals surface area contributed by atoms with Crippen molar-refractivity contribution in [1.29, 1.82) is 0 Å². The molecule has 14 heavy (non-hydrogen) atoms. The highest BCUT2D eigenvalue weighted by molar-refractivity contribution is 9.11. The van der Waals surface area contributed by atoms with Crippen molar-refractivity contribution in [3.63, 3.8) is 0 Å².